The van der Waals surface area contributed by atoms with Crippen molar-refractivity contribution in [1.82, 2.24) is 0 Å². The van der Waals surface area contributed by atoms with Crippen LogP contribution < -0.4 is 5.63 Å². The first kappa shape index (κ1) is 15.1. The van der Waals surface area contributed by atoms with E-state index in [-0.39, 0.29) is 12.4 Å². The molecular weight excluding hydrogens is 300 g/mol. The summed E-state index contributed by atoms with van der Waals surface area (Å²) in [6.07, 6.45) is 1.23. The van der Waals surface area contributed by atoms with Crippen LogP contribution in [0.5, 0.6) is 0 Å². The van der Waals surface area contributed by atoms with Crippen LogP contribution in [0.15, 0.2) is 39.4 Å². The summed E-state index contributed by atoms with van der Waals surface area (Å²) < 4.78 is 20.6. The van der Waals surface area contributed by atoms with Gasteiger partial charge >= 0.3 is 11.6 Å². The van der Waals surface area contributed by atoms with Gasteiger partial charge < -0.3 is 18.6 Å². The van der Waals surface area contributed by atoms with Gasteiger partial charge in [-0.2, -0.15) is 0 Å². The Labute approximate surface area is 132 Å². The van der Waals surface area contributed by atoms with Crippen LogP contribution in [-0.2, 0) is 25.6 Å². The van der Waals surface area contributed by atoms with Crippen molar-refractivity contribution in [2.75, 3.05) is 13.2 Å². The van der Waals surface area contributed by atoms with Crippen molar-refractivity contribution in [1.29, 1.82) is 0 Å². The van der Waals surface area contributed by atoms with Crippen LogP contribution in [0.25, 0.3) is 11.0 Å². The van der Waals surface area contributed by atoms with Gasteiger partial charge in [-0.05, 0) is 37.1 Å². The maximum atomic E-state index is 11.9. The number of aryl methyl sites for hydroxylation is 2. The number of benzene rings is 1. The fourth-order valence-electron chi connectivity index (χ4n) is 2.29. The number of hydrogen-bond acceptors (Lipinski definition) is 6. The van der Waals surface area contributed by atoms with E-state index in [0.717, 1.165) is 16.5 Å². The third-order valence-electron chi connectivity index (χ3n) is 3.65. The Hall–Kier alpha value is -2.76. The summed E-state index contributed by atoms with van der Waals surface area (Å²) in [6, 6.07) is 5.05. The van der Waals surface area contributed by atoms with Gasteiger partial charge in [0, 0.05) is 17.0 Å². The number of ether oxygens (including phenoxy) is 3. The Kier molecular flexibility index (Phi) is 4.06. The topological polar surface area (TPSA) is 75.0 Å². The zero-order chi connectivity index (χ0) is 16.4. The van der Waals surface area contributed by atoms with E-state index in [1.165, 1.54) is 12.3 Å². The molecule has 120 valence electrons. The SMILES string of the molecule is Cc1cc2oc(=O)cc(COC(=O)C3=COCCO3)c2cc1C. The predicted molar refractivity (Wildman–Crippen MR) is 81.7 cm³/mol. The van der Waals surface area contributed by atoms with E-state index in [9.17, 15) is 9.59 Å². The fraction of sp³-hybridized carbons (Fsp3) is 0.294. The molecule has 0 spiro atoms. The van der Waals surface area contributed by atoms with E-state index in [1.54, 1.807) is 6.07 Å². The molecule has 0 fully saturated rings. The third-order valence-corrected chi connectivity index (χ3v) is 3.65. The number of fused-ring (bicyclic) bond motifs is 1. The Bertz CT molecular complexity index is 846. The van der Waals surface area contributed by atoms with Gasteiger partial charge in [-0.25, -0.2) is 9.59 Å². The van der Waals surface area contributed by atoms with Crippen LogP contribution in [-0.4, -0.2) is 19.2 Å². The summed E-state index contributed by atoms with van der Waals surface area (Å²) >= 11 is 0. The van der Waals surface area contributed by atoms with Crippen LogP contribution in [0.4, 0.5) is 0 Å². The molecule has 0 radical (unpaired) electrons. The third kappa shape index (κ3) is 3.21. The van der Waals surface area contributed by atoms with Gasteiger partial charge in [-0.3, -0.25) is 0 Å². The highest BCUT2D eigenvalue weighted by atomic mass is 16.6. The summed E-state index contributed by atoms with van der Waals surface area (Å²) in [4.78, 5) is 23.6. The van der Waals surface area contributed by atoms with E-state index in [4.69, 9.17) is 18.6 Å². The Morgan fingerprint density at radius 3 is 2.70 bits per heavy atom. The fourth-order valence-corrected chi connectivity index (χ4v) is 2.29. The minimum Gasteiger partial charge on any atom is -0.493 e. The normalized spacial score (nSPS) is 13.9. The van der Waals surface area contributed by atoms with E-state index in [1.807, 2.05) is 19.9 Å². The van der Waals surface area contributed by atoms with Crippen LogP contribution in [0.2, 0.25) is 0 Å². The second-order valence-corrected chi connectivity index (χ2v) is 5.30. The van der Waals surface area contributed by atoms with E-state index >= 15 is 0 Å². The largest absolute Gasteiger partial charge is 0.493 e. The number of hydrogen-bond donors (Lipinski definition) is 0. The van der Waals surface area contributed by atoms with E-state index < -0.39 is 11.6 Å². The van der Waals surface area contributed by atoms with Crippen molar-refractivity contribution in [2.24, 2.45) is 0 Å². The maximum Gasteiger partial charge on any atom is 0.377 e. The lowest BCUT2D eigenvalue weighted by Gasteiger charge is -2.14. The second kappa shape index (κ2) is 6.16. The van der Waals surface area contributed by atoms with Crippen molar-refractivity contribution in [2.45, 2.75) is 20.5 Å². The molecule has 2 aromatic rings. The van der Waals surface area contributed by atoms with Crippen molar-refractivity contribution in [3.63, 3.8) is 0 Å². The average Bonchev–Trinajstić information content (AvgIpc) is 2.55. The Balaban J connectivity index is 1.87. The highest BCUT2D eigenvalue weighted by molar-refractivity contribution is 5.86. The highest BCUT2D eigenvalue weighted by Crippen LogP contribution is 2.22. The molecule has 3 rings (SSSR count). The van der Waals surface area contributed by atoms with Crippen LogP contribution in [0, 0.1) is 13.8 Å². The van der Waals surface area contributed by atoms with Gasteiger partial charge in [0.2, 0.25) is 5.76 Å². The Morgan fingerprint density at radius 1 is 1.17 bits per heavy atom. The molecule has 0 saturated carbocycles. The maximum absolute atomic E-state index is 11.9. The number of esters is 1. The summed E-state index contributed by atoms with van der Waals surface area (Å²) in [5, 5.41) is 0.746. The van der Waals surface area contributed by atoms with Gasteiger partial charge in [-0.1, -0.05) is 0 Å². The zero-order valence-corrected chi connectivity index (χ0v) is 12.9. The summed E-state index contributed by atoms with van der Waals surface area (Å²) in [5.41, 5.74) is 2.66. The lowest BCUT2D eigenvalue weighted by molar-refractivity contribution is -0.145. The molecule has 0 aliphatic carbocycles. The van der Waals surface area contributed by atoms with Gasteiger partial charge in [-0.15, -0.1) is 0 Å². The van der Waals surface area contributed by atoms with Gasteiger partial charge in [0.05, 0.1) is 0 Å². The summed E-state index contributed by atoms with van der Waals surface area (Å²) in [6.45, 7) is 4.56. The molecule has 0 amide bonds. The van der Waals surface area contributed by atoms with Crippen LogP contribution in [0.3, 0.4) is 0 Å². The molecule has 23 heavy (non-hydrogen) atoms. The smallest absolute Gasteiger partial charge is 0.377 e. The molecule has 1 aromatic carbocycles. The molecule has 1 aromatic heterocycles. The predicted octanol–water partition coefficient (Wildman–Crippen LogP) is 2.34. The standard InChI is InChI=1S/C17H16O6/c1-10-5-13-12(7-16(18)23-14(13)6-11(10)2)8-22-17(19)15-9-20-3-4-21-15/h5-7,9H,3-4,8H2,1-2H3. The van der Waals surface area contributed by atoms with Crippen LogP contribution in [0.1, 0.15) is 16.7 Å². The molecule has 0 atom stereocenters. The molecule has 0 unspecified atom stereocenters. The van der Waals surface area contributed by atoms with Crippen molar-refractivity contribution in [3.05, 3.63) is 57.3 Å². The highest BCUT2D eigenvalue weighted by Gasteiger charge is 2.17. The molecule has 1 aliphatic heterocycles. The molecule has 6 heteroatoms. The molecule has 0 saturated heterocycles. The average molecular weight is 316 g/mol. The molecule has 0 N–H and O–H groups in total. The lowest BCUT2D eigenvalue weighted by Crippen LogP contribution is -2.17. The molecule has 2 heterocycles. The quantitative estimate of drug-likeness (QED) is 0.639. The van der Waals surface area contributed by atoms with Gasteiger partial charge in [0.15, 0.2) is 0 Å². The summed E-state index contributed by atoms with van der Waals surface area (Å²) in [5.74, 6) is -0.606. The molecular formula is C17H16O6. The zero-order valence-electron chi connectivity index (χ0n) is 12.9. The van der Waals surface area contributed by atoms with E-state index in [0.29, 0.717) is 24.4 Å². The first-order valence-corrected chi connectivity index (χ1v) is 7.20. The van der Waals surface area contributed by atoms with Crippen molar-refractivity contribution >= 4 is 16.9 Å². The minimum atomic E-state index is -0.630. The Morgan fingerprint density at radius 2 is 1.96 bits per heavy atom. The first-order valence-electron chi connectivity index (χ1n) is 7.20. The van der Waals surface area contributed by atoms with Crippen LogP contribution >= 0.6 is 0 Å². The molecule has 0 bridgehead atoms. The number of carbonyl (C=O) groups is 1. The van der Waals surface area contributed by atoms with Crippen molar-refractivity contribution in [3.8, 4) is 0 Å². The summed E-state index contributed by atoms with van der Waals surface area (Å²) in [7, 11) is 0. The second-order valence-electron chi connectivity index (χ2n) is 5.30. The van der Waals surface area contributed by atoms with E-state index in [2.05, 4.69) is 0 Å². The molecule has 6 nitrogen and oxygen atoms in total. The minimum absolute atomic E-state index is 0.0237. The first-order chi connectivity index (χ1) is 11.0. The number of rotatable bonds is 3. The number of carbonyl (C=O) groups excluding carboxylic acids is 1. The monoisotopic (exact) mass is 316 g/mol. The van der Waals surface area contributed by atoms with Crippen molar-refractivity contribution < 1.29 is 23.4 Å². The lowest BCUT2D eigenvalue weighted by atomic mass is 10.0. The van der Waals surface area contributed by atoms with Gasteiger partial charge in [0.1, 0.15) is 31.7 Å². The molecule has 1 aliphatic rings. The van der Waals surface area contributed by atoms with Gasteiger partial charge in [0.25, 0.3) is 0 Å².